The van der Waals surface area contributed by atoms with Crippen LogP contribution >= 0.6 is 0 Å². The van der Waals surface area contributed by atoms with E-state index in [0.717, 1.165) is 17.7 Å². The van der Waals surface area contributed by atoms with Crippen molar-refractivity contribution in [2.24, 2.45) is 0 Å². The number of nitrogens with one attached hydrogen (secondary N) is 1. The molecule has 2 unspecified atom stereocenters. The lowest BCUT2D eigenvalue weighted by molar-refractivity contribution is -0.132. The van der Waals surface area contributed by atoms with E-state index in [9.17, 15) is 9.59 Å². The first-order chi connectivity index (χ1) is 15.1. The van der Waals surface area contributed by atoms with Crippen LogP contribution in [0.3, 0.4) is 0 Å². The Labute approximate surface area is 181 Å². The van der Waals surface area contributed by atoms with Crippen LogP contribution in [-0.2, 0) is 11.2 Å². The maximum atomic E-state index is 13.4. The van der Waals surface area contributed by atoms with Gasteiger partial charge in [-0.2, -0.15) is 0 Å². The predicted octanol–water partition coefficient (Wildman–Crippen LogP) is 3.65. The first kappa shape index (κ1) is 20.7. The third-order valence-electron chi connectivity index (χ3n) is 5.72. The van der Waals surface area contributed by atoms with Crippen LogP contribution in [0, 0.1) is 0 Å². The van der Waals surface area contributed by atoms with Crippen molar-refractivity contribution in [3.05, 3.63) is 89.9 Å². The molecule has 160 valence electrons. The molecule has 0 radical (unpaired) electrons. The summed E-state index contributed by atoms with van der Waals surface area (Å²) in [6.07, 6.45) is 2.76. The van der Waals surface area contributed by atoms with E-state index in [1.54, 1.807) is 19.2 Å². The highest BCUT2D eigenvalue weighted by Crippen LogP contribution is 2.29. The highest BCUT2D eigenvalue weighted by molar-refractivity contribution is 5.95. The van der Waals surface area contributed by atoms with Gasteiger partial charge in [0.1, 0.15) is 11.8 Å². The molecule has 2 atom stereocenters. The van der Waals surface area contributed by atoms with Crippen LogP contribution in [0.1, 0.15) is 34.0 Å². The fourth-order valence-corrected chi connectivity index (χ4v) is 4.02. The number of carbonyl (C=O) groups is 2. The Morgan fingerprint density at radius 2 is 1.87 bits per heavy atom. The molecule has 0 bridgehead atoms. The molecule has 1 aliphatic rings. The molecule has 6 nitrogen and oxygen atoms in total. The van der Waals surface area contributed by atoms with Crippen molar-refractivity contribution in [2.75, 3.05) is 20.2 Å². The summed E-state index contributed by atoms with van der Waals surface area (Å²) in [5.74, 6) is 0.833. The molecule has 2 aromatic carbocycles. The third-order valence-corrected chi connectivity index (χ3v) is 5.72. The van der Waals surface area contributed by atoms with Crippen LogP contribution < -0.4 is 10.1 Å². The molecule has 1 saturated heterocycles. The van der Waals surface area contributed by atoms with E-state index in [1.807, 2.05) is 47.4 Å². The lowest BCUT2D eigenvalue weighted by Crippen LogP contribution is -2.49. The summed E-state index contributed by atoms with van der Waals surface area (Å²) >= 11 is 0. The Kier molecular flexibility index (Phi) is 6.36. The Balaban J connectivity index is 1.47. The number of methoxy groups -OCH3 is 1. The van der Waals surface area contributed by atoms with Gasteiger partial charge in [-0.15, -0.1) is 0 Å². The van der Waals surface area contributed by atoms with Gasteiger partial charge >= 0.3 is 0 Å². The molecular weight excluding hydrogens is 392 g/mol. The molecule has 1 aromatic heterocycles. The van der Waals surface area contributed by atoms with Crippen LogP contribution in [0.4, 0.5) is 0 Å². The largest absolute Gasteiger partial charge is 0.497 e. The molecular formula is C25H26N2O4. The lowest BCUT2D eigenvalue weighted by Gasteiger charge is -2.24. The molecule has 2 heterocycles. The maximum absolute atomic E-state index is 13.4. The summed E-state index contributed by atoms with van der Waals surface area (Å²) in [5, 5.41) is 2.87. The number of benzene rings is 2. The van der Waals surface area contributed by atoms with E-state index in [0.29, 0.717) is 19.5 Å². The van der Waals surface area contributed by atoms with Gasteiger partial charge in [0, 0.05) is 25.4 Å². The number of carbonyl (C=O) groups excluding carboxylic acids is 2. The molecule has 1 N–H and O–H groups in total. The molecule has 6 heteroatoms. The Morgan fingerprint density at radius 1 is 1.10 bits per heavy atom. The van der Waals surface area contributed by atoms with Gasteiger partial charge in [-0.05, 0) is 41.8 Å². The van der Waals surface area contributed by atoms with Crippen molar-refractivity contribution in [1.29, 1.82) is 0 Å². The van der Waals surface area contributed by atoms with E-state index in [1.165, 1.54) is 11.8 Å². The number of hydrogen-bond acceptors (Lipinski definition) is 4. The average Bonchev–Trinajstić information content (AvgIpc) is 3.51. The predicted molar refractivity (Wildman–Crippen MR) is 117 cm³/mol. The maximum Gasteiger partial charge on any atom is 0.287 e. The fraction of sp³-hybridized carbons (Fsp3) is 0.280. The van der Waals surface area contributed by atoms with Crippen molar-refractivity contribution >= 4 is 11.8 Å². The smallest absolute Gasteiger partial charge is 0.287 e. The van der Waals surface area contributed by atoms with Crippen molar-refractivity contribution in [1.82, 2.24) is 10.2 Å². The topological polar surface area (TPSA) is 71.8 Å². The molecule has 1 aliphatic heterocycles. The van der Waals surface area contributed by atoms with Gasteiger partial charge in [0.05, 0.1) is 13.4 Å². The lowest BCUT2D eigenvalue weighted by atomic mass is 9.98. The second-order valence-corrected chi connectivity index (χ2v) is 7.74. The number of ether oxygens (including phenoxy) is 1. The van der Waals surface area contributed by atoms with Crippen molar-refractivity contribution in [2.45, 2.75) is 24.8 Å². The minimum atomic E-state index is -0.658. The van der Waals surface area contributed by atoms with Crippen molar-refractivity contribution in [3.63, 3.8) is 0 Å². The second kappa shape index (κ2) is 9.51. The van der Waals surface area contributed by atoms with Gasteiger partial charge in [0.25, 0.3) is 5.91 Å². The van der Waals surface area contributed by atoms with Gasteiger partial charge in [-0.1, -0.05) is 42.5 Å². The Morgan fingerprint density at radius 3 is 2.55 bits per heavy atom. The molecule has 0 aliphatic carbocycles. The zero-order chi connectivity index (χ0) is 21.6. The van der Waals surface area contributed by atoms with Gasteiger partial charge < -0.3 is 19.4 Å². The van der Waals surface area contributed by atoms with Crippen LogP contribution in [0.5, 0.6) is 5.75 Å². The first-order valence-electron chi connectivity index (χ1n) is 10.4. The Hall–Kier alpha value is -3.54. The van der Waals surface area contributed by atoms with Crippen LogP contribution in [0.15, 0.2) is 77.4 Å². The normalized spacial score (nSPS) is 16.7. The fourth-order valence-electron chi connectivity index (χ4n) is 4.02. The van der Waals surface area contributed by atoms with E-state index >= 15 is 0 Å². The Bertz CT molecular complexity index is 1000. The van der Waals surface area contributed by atoms with Gasteiger partial charge in [0.2, 0.25) is 5.91 Å². The van der Waals surface area contributed by atoms with Crippen LogP contribution in [0.2, 0.25) is 0 Å². The molecule has 31 heavy (non-hydrogen) atoms. The summed E-state index contributed by atoms with van der Waals surface area (Å²) in [6.45, 7) is 1.30. The number of rotatable bonds is 7. The highest BCUT2D eigenvalue weighted by atomic mass is 16.5. The highest BCUT2D eigenvalue weighted by Gasteiger charge is 2.33. The summed E-state index contributed by atoms with van der Waals surface area (Å²) in [7, 11) is 1.65. The molecule has 0 saturated carbocycles. The standard InChI is InChI=1S/C25H26N2O4/c1-30-21-11-9-19(10-12-21)20-13-14-27(17-20)25(29)22(16-18-6-3-2-4-7-18)26-24(28)23-8-5-15-31-23/h2-12,15,20,22H,13-14,16-17H2,1H3,(H,26,28). The van der Waals surface area contributed by atoms with Gasteiger partial charge in [0.15, 0.2) is 5.76 Å². The SMILES string of the molecule is COc1ccc(C2CCN(C(=O)C(Cc3ccccc3)NC(=O)c3ccco3)C2)cc1. The molecule has 3 aromatic rings. The van der Waals surface area contributed by atoms with Crippen molar-refractivity contribution < 1.29 is 18.7 Å². The quantitative estimate of drug-likeness (QED) is 0.636. The minimum absolute atomic E-state index is 0.0697. The second-order valence-electron chi connectivity index (χ2n) is 7.74. The summed E-state index contributed by atoms with van der Waals surface area (Å²) in [6, 6.07) is 20.3. The van der Waals surface area contributed by atoms with E-state index in [2.05, 4.69) is 17.4 Å². The van der Waals surface area contributed by atoms with Gasteiger partial charge in [-0.25, -0.2) is 0 Å². The summed E-state index contributed by atoms with van der Waals surface area (Å²) in [5.41, 5.74) is 2.18. The zero-order valence-corrected chi connectivity index (χ0v) is 17.5. The third kappa shape index (κ3) is 4.97. The monoisotopic (exact) mass is 418 g/mol. The number of likely N-dealkylation sites (tertiary alicyclic amines) is 1. The average molecular weight is 418 g/mol. The van der Waals surface area contributed by atoms with E-state index in [4.69, 9.17) is 9.15 Å². The van der Waals surface area contributed by atoms with Crippen LogP contribution in [-0.4, -0.2) is 43.0 Å². The molecule has 2 amide bonds. The van der Waals surface area contributed by atoms with E-state index < -0.39 is 6.04 Å². The number of nitrogens with zero attached hydrogens (tertiary/aromatic N) is 1. The zero-order valence-electron chi connectivity index (χ0n) is 17.5. The molecule has 4 rings (SSSR count). The summed E-state index contributed by atoms with van der Waals surface area (Å²) < 4.78 is 10.4. The molecule has 0 spiro atoms. The summed E-state index contributed by atoms with van der Waals surface area (Å²) in [4.78, 5) is 27.8. The van der Waals surface area contributed by atoms with Crippen molar-refractivity contribution in [3.8, 4) is 5.75 Å². The number of furan rings is 1. The first-order valence-corrected chi connectivity index (χ1v) is 10.4. The van der Waals surface area contributed by atoms with E-state index in [-0.39, 0.29) is 23.5 Å². The number of amides is 2. The van der Waals surface area contributed by atoms with Gasteiger partial charge in [-0.3, -0.25) is 9.59 Å². The molecule has 1 fully saturated rings. The minimum Gasteiger partial charge on any atom is -0.497 e. The number of hydrogen-bond donors (Lipinski definition) is 1. The van der Waals surface area contributed by atoms with Crippen LogP contribution in [0.25, 0.3) is 0 Å².